The molecular weight excluding hydrogens is 332 g/mol. The molecule has 0 atom stereocenters. The number of rotatable bonds is 6. The molecule has 0 aliphatic rings. The maximum atomic E-state index is 12.1. The Hall–Kier alpha value is -2.53. The van der Waals surface area contributed by atoms with E-state index in [-0.39, 0.29) is 11.7 Å². The van der Waals surface area contributed by atoms with Gasteiger partial charge in [0.05, 0.1) is 5.56 Å². The summed E-state index contributed by atoms with van der Waals surface area (Å²) in [5.41, 5.74) is 11.6. The molecule has 2 aromatic heterocycles. The van der Waals surface area contributed by atoms with Crippen LogP contribution in [0.3, 0.4) is 0 Å². The number of benzene rings is 1. The van der Waals surface area contributed by atoms with Crippen molar-refractivity contribution in [3.63, 3.8) is 0 Å². The number of aromatic hydroxyl groups is 1. The van der Waals surface area contributed by atoms with E-state index in [1.165, 1.54) is 0 Å². The van der Waals surface area contributed by atoms with Gasteiger partial charge >= 0.3 is 0 Å². The van der Waals surface area contributed by atoms with E-state index in [1.807, 2.05) is 30.5 Å². The number of carbonyl (C=O) groups is 1. The number of phenolic OH excluding ortho intramolecular Hbond substituents is 1. The summed E-state index contributed by atoms with van der Waals surface area (Å²) >= 11 is 1.62. The third-order valence-electron chi connectivity index (χ3n) is 4.58. The number of nitrogens with zero attached hydrogens (tertiary/aromatic N) is 1. The Morgan fingerprint density at radius 3 is 2.52 bits per heavy atom. The van der Waals surface area contributed by atoms with Gasteiger partial charge in [-0.1, -0.05) is 19.1 Å². The van der Waals surface area contributed by atoms with Gasteiger partial charge in [-0.25, -0.2) is 0 Å². The number of carbonyl (C=O) groups excluding carboxylic acids is 1. The van der Waals surface area contributed by atoms with Gasteiger partial charge < -0.3 is 15.4 Å². The lowest BCUT2D eigenvalue weighted by Gasteiger charge is -2.12. The molecule has 0 bridgehead atoms. The van der Waals surface area contributed by atoms with Crippen molar-refractivity contribution in [2.75, 3.05) is 0 Å². The molecule has 0 saturated carbocycles. The normalized spacial score (nSPS) is 11.0. The topological polar surface area (TPSA) is 68.2 Å². The molecule has 3 rings (SSSR count). The lowest BCUT2D eigenvalue weighted by Crippen LogP contribution is -2.13. The zero-order valence-corrected chi connectivity index (χ0v) is 15.3. The molecule has 5 heteroatoms. The van der Waals surface area contributed by atoms with E-state index >= 15 is 0 Å². The van der Waals surface area contributed by atoms with Gasteiger partial charge in [0.15, 0.2) is 0 Å². The standard InChI is InChI=1S/C20H22N2O2S/c1-3-17-19(15-9-11-25-12-15)18(20(21)24)13(2)22(17)10-8-14-4-6-16(23)7-5-14/h4-7,9,11-12,23H,3,8,10H2,1-2H3,(H2,21,24). The van der Waals surface area contributed by atoms with Crippen LogP contribution in [-0.4, -0.2) is 15.6 Å². The van der Waals surface area contributed by atoms with Crippen LogP contribution in [0.2, 0.25) is 0 Å². The quantitative estimate of drug-likeness (QED) is 0.699. The molecule has 0 spiro atoms. The summed E-state index contributed by atoms with van der Waals surface area (Å²) in [6.07, 6.45) is 1.65. The van der Waals surface area contributed by atoms with E-state index in [9.17, 15) is 9.90 Å². The maximum absolute atomic E-state index is 12.1. The highest BCUT2D eigenvalue weighted by molar-refractivity contribution is 7.08. The highest BCUT2D eigenvalue weighted by atomic mass is 32.1. The van der Waals surface area contributed by atoms with Crippen molar-refractivity contribution in [2.45, 2.75) is 33.2 Å². The van der Waals surface area contributed by atoms with Gasteiger partial charge in [0, 0.05) is 23.5 Å². The van der Waals surface area contributed by atoms with Crippen molar-refractivity contribution in [3.05, 3.63) is 63.6 Å². The van der Waals surface area contributed by atoms with Crippen LogP contribution in [0, 0.1) is 6.92 Å². The molecule has 1 aromatic carbocycles. The van der Waals surface area contributed by atoms with Crippen LogP contribution < -0.4 is 5.73 Å². The van der Waals surface area contributed by atoms with Crippen LogP contribution in [0.5, 0.6) is 5.75 Å². The molecule has 0 aliphatic carbocycles. The average molecular weight is 354 g/mol. The first-order valence-electron chi connectivity index (χ1n) is 8.35. The fourth-order valence-corrected chi connectivity index (χ4v) is 4.04. The number of hydrogen-bond acceptors (Lipinski definition) is 3. The maximum Gasteiger partial charge on any atom is 0.251 e. The summed E-state index contributed by atoms with van der Waals surface area (Å²) in [5, 5.41) is 13.5. The highest BCUT2D eigenvalue weighted by Crippen LogP contribution is 2.34. The van der Waals surface area contributed by atoms with Gasteiger partial charge in [0.1, 0.15) is 5.75 Å². The van der Waals surface area contributed by atoms with Crippen molar-refractivity contribution in [1.82, 2.24) is 4.57 Å². The predicted molar refractivity (Wildman–Crippen MR) is 102 cm³/mol. The minimum atomic E-state index is -0.378. The molecule has 2 heterocycles. The van der Waals surface area contributed by atoms with E-state index in [2.05, 4.69) is 16.9 Å². The second-order valence-corrected chi connectivity index (χ2v) is 6.86. The van der Waals surface area contributed by atoms with Gasteiger partial charge in [0.25, 0.3) is 5.91 Å². The van der Waals surface area contributed by atoms with Gasteiger partial charge in [-0.05, 0) is 59.9 Å². The van der Waals surface area contributed by atoms with E-state index in [0.29, 0.717) is 5.56 Å². The number of aromatic nitrogens is 1. The summed E-state index contributed by atoms with van der Waals surface area (Å²) in [6.45, 7) is 4.84. The number of phenols is 1. The first kappa shape index (κ1) is 17.3. The Morgan fingerprint density at radius 2 is 1.96 bits per heavy atom. The molecule has 4 nitrogen and oxygen atoms in total. The number of primary amides is 1. The molecular formula is C20H22N2O2S. The molecule has 3 aromatic rings. The largest absolute Gasteiger partial charge is 0.508 e. The molecule has 130 valence electrons. The number of hydrogen-bond donors (Lipinski definition) is 2. The van der Waals surface area contributed by atoms with Crippen molar-refractivity contribution in [1.29, 1.82) is 0 Å². The summed E-state index contributed by atoms with van der Waals surface area (Å²) in [6, 6.07) is 9.28. The molecule has 0 saturated heterocycles. The third-order valence-corrected chi connectivity index (χ3v) is 5.27. The minimum absolute atomic E-state index is 0.269. The molecule has 0 unspecified atom stereocenters. The van der Waals surface area contributed by atoms with E-state index in [4.69, 9.17) is 5.73 Å². The minimum Gasteiger partial charge on any atom is -0.508 e. The van der Waals surface area contributed by atoms with Crippen molar-refractivity contribution >= 4 is 17.2 Å². The second-order valence-electron chi connectivity index (χ2n) is 6.08. The molecule has 0 fully saturated rings. The Kier molecular flexibility index (Phi) is 4.95. The number of nitrogens with two attached hydrogens (primary N) is 1. The summed E-state index contributed by atoms with van der Waals surface area (Å²) < 4.78 is 2.21. The molecule has 25 heavy (non-hydrogen) atoms. The van der Waals surface area contributed by atoms with Crippen LogP contribution in [-0.2, 0) is 19.4 Å². The first-order valence-corrected chi connectivity index (χ1v) is 9.29. The van der Waals surface area contributed by atoms with Crippen LogP contribution in [0.15, 0.2) is 41.1 Å². The molecule has 0 radical (unpaired) electrons. The molecule has 1 amide bonds. The fraction of sp³-hybridized carbons (Fsp3) is 0.250. The lowest BCUT2D eigenvalue weighted by molar-refractivity contribution is 0.1000. The highest BCUT2D eigenvalue weighted by Gasteiger charge is 2.23. The first-order chi connectivity index (χ1) is 12.0. The summed E-state index contributed by atoms with van der Waals surface area (Å²) in [5.74, 6) is -0.109. The van der Waals surface area contributed by atoms with Crippen molar-refractivity contribution in [3.8, 4) is 16.9 Å². The van der Waals surface area contributed by atoms with Gasteiger partial charge in [-0.2, -0.15) is 11.3 Å². The lowest BCUT2D eigenvalue weighted by atomic mass is 10.0. The van der Waals surface area contributed by atoms with E-state index < -0.39 is 0 Å². The predicted octanol–water partition coefficient (Wildman–Crippen LogP) is 4.13. The van der Waals surface area contributed by atoms with Crippen molar-refractivity contribution in [2.24, 2.45) is 5.73 Å². The number of amides is 1. The monoisotopic (exact) mass is 354 g/mol. The summed E-state index contributed by atoms with van der Waals surface area (Å²) in [7, 11) is 0. The van der Waals surface area contributed by atoms with Gasteiger partial charge in [0.2, 0.25) is 0 Å². The second kappa shape index (κ2) is 7.15. The fourth-order valence-electron chi connectivity index (χ4n) is 3.39. The zero-order valence-electron chi connectivity index (χ0n) is 14.5. The Labute approximate surface area is 151 Å². The summed E-state index contributed by atoms with van der Waals surface area (Å²) in [4.78, 5) is 12.1. The molecule has 3 N–H and O–H groups in total. The van der Waals surface area contributed by atoms with Gasteiger partial charge in [-0.15, -0.1) is 0 Å². The van der Waals surface area contributed by atoms with Crippen LogP contribution in [0.1, 0.15) is 34.2 Å². The Bertz CT molecular complexity index is 878. The van der Waals surface area contributed by atoms with Crippen LogP contribution >= 0.6 is 11.3 Å². The Morgan fingerprint density at radius 1 is 1.24 bits per heavy atom. The van der Waals surface area contributed by atoms with Crippen LogP contribution in [0.4, 0.5) is 0 Å². The third kappa shape index (κ3) is 3.33. The van der Waals surface area contributed by atoms with Crippen molar-refractivity contribution < 1.29 is 9.90 Å². The van der Waals surface area contributed by atoms with E-state index in [1.54, 1.807) is 23.5 Å². The van der Waals surface area contributed by atoms with E-state index in [0.717, 1.165) is 47.5 Å². The zero-order chi connectivity index (χ0) is 18.0. The average Bonchev–Trinajstić information content (AvgIpc) is 3.20. The molecule has 0 aliphatic heterocycles. The van der Waals surface area contributed by atoms with Crippen LogP contribution in [0.25, 0.3) is 11.1 Å². The number of thiophene rings is 1. The SMILES string of the molecule is CCc1c(-c2ccsc2)c(C(N)=O)c(C)n1CCc1ccc(O)cc1. The number of aryl methyl sites for hydroxylation is 1. The van der Waals surface area contributed by atoms with Gasteiger partial charge in [-0.3, -0.25) is 4.79 Å². The Balaban J connectivity index is 2.02. The smallest absolute Gasteiger partial charge is 0.251 e.